The molecule has 0 unspecified atom stereocenters. The third-order valence-corrected chi connectivity index (χ3v) is 4.06. The van der Waals surface area contributed by atoms with Crippen LogP contribution in [0.5, 0.6) is 11.5 Å². The summed E-state index contributed by atoms with van der Waals surface area (Å²) in [5.74, 6) is -0.627. The van der Waals surface area contributed by atoms with E-state index in [1.54, 1.807) is 30.3 Å². The van der Waals surface area contributed by atoms with E-state index >= 15 is 0 Å². The van der Waals surface area contributed by atoms with E-state index in [9.17, 15) is 24.9 Å². The van der Waals surface area contributed by atoms with Gasteiger partial charge in [-0.3, -0.25) is 0 Å². The number of carbonyl (C=O) groups is 2. The third-order valence-electron chi connectivity index (χ3n) is 3.83. The van der Waals surface area contributed by atoms with Gasteiger partial charge in [0.2, 0.25) is 0 Å². The van der Waals surface area contributed by atoms with Crippen LogP contribution in [0, 0.1) is 0 Å². The van der Waals surface area contributed by atoms with Gasteiger partial charge in [-0.05, 0) is 48.7 Å². The number of aliphatic hydroxyl groups is 1. The molecule has 2 N–H and O–H groups in total. The molecule has 0 amide bonds. The molecular weight excluding hydrogens is 436 g/mol. The zero-order chi connectivity index (χ0) is 20.7. The largest absolute Gasteiger partial charge is 1.00 e. The summed E-state index contributed by atoms with van der Waals surface area (Å²) in [7, 11) is 0. The van der Waals surface area contributed by atoms with Crippen molar-refractivity contribution in [3.05, 3.63) is 58.6 Å². The van der Waals surface area contributed by atoms with Crippen LogP contribution >= 0.6 is 11.6 Å². The van der Waals surface area contributed by atoms with Crippen LogP contribution in [-0.2, 0) is 6.42 Å². The third kappa shape index (κ3) is 10.00. The smallest absolute Gasteiger partial charge is 0.512 e. The van der Waals surface area contributed by atoms with Gasteiger partial charge in [0.05, 0.1) is 17.6 Å². The van der Waals surface area contributed by atoms with Crippen LogP contribution in [0.1, 0.15) is 24.2 Å². The van der Waals surface area contributed by atoms with Gasteiger partial charge in [-0.2, -0.15) is 0 Å². The van der Waals surface area contributed by atoms with Gasteiger partial charge < -0.3 is 39.7 Å². The first kappa shape index (κ1) is 29.2. The Kier molecular flexibility index (Phi) is 13.9. The number of carbonyl (C=O) groups excluding carboxylic acids is 2. The monoisotopic (exact) mass is 453 g/mol. The number of carboxylic acid groups (broad SMARTS) is 2. The van der Waals surface area contributed by atoms with Crippen LogP contribution in [0.4, 0.5) is 9.59 Å². The molecular formula is C19H18ClNNa2O7. The summed E-state index contributed by atoms with van der Waals surface area (Å²) in [4.78, 5) is 21.2. The maximum absolute atomic E-state index is 10.7. The summed E-state index contributed by atoms with van der Waals surface area (Å²) in [6, 6.07) is 11.0. The summed E-state index contributed by atoms with van der Waals surface area (Å²) in [5.41, 5.74) is 1.33. The fraction of sp³-hybridized carbons (Fsp3) is 0.263. The van der Waals surface area contributed by atoms with Crippen LogP contribution in [0.15, 0.2) is 42.5 Å². The van der Waals surface area contributed by atoms with E-state index in [0.717, 1.165) is 0 Å². The van der Waals surface area contributed by atoms with E-state index in [1.165, 1.54) is 12.1 Å². The van der Waals surface area contributed by atoms with Crippen LogP contribution in [0.3, 0.4) is 0 Å². The number of nitrogens with one attached hydrogen (secondary N) is 1. The molecule has 0 radical (unpaired) electrons. The molecule has 0 aromatic heterocycles. The number of aliphatic hydroxyl groups excluding tert-OH is 1. The van der Waals surface area contributed by atoms with Crippen molar-refractivity contribution in [2.75, 3.05) is 6.54 Å². The van der Waals surface area contributed by atoms with Gasteiger partial charge >= 0.3 is 59.1 Å². The molecule has 30 heavy (non-hydrogen) atoms. The summed E-state index contributed by atoms with van der Waals surface area (Å²) in [5, 5.41) is 35.2. The van der Waals surface area contributed by atoms with Crippen molar-refractivity contribution in [3.8, 4) is 11.5 Å². The summed E-state index contributed by atoms with van der Waals surface area (Å²) < 4.78 is 8.83. The molecule has 0 bridgehead atoms. The Morgan fingerprint density at radius 3 is 2.30 bits per heavy atom. The molecule has 0 aliphatic carbocycles. The van der Waals surface area contributed by atoms with E-state index in [4.69, 9.17) is 11.6 Å². The number of hydrogen-bond donors (Lipinski definition) is 2. The molecule has 0 aliphatic heterocycles. The van der Waals surface area contributed by atoms with E-state index in [0.29, 0.717) is 22.6 Å². The van der Waals surface area contributed by atoms with Gasteiger partial charge in [0.15, 0.2) is 0 Å². The second-order valence-electron chi connectivity index (χ2n) is 6.07. The Balaban J connectivity index is 0.00000420. The van der Waals surface area contributed by atoms with Crippen LogP contribution < -0.4 is 84.1 Å². The Morgan fingerprint density at radius 2 is 1.70 bits per heavy atom. The first-order valence-electron chi connectivity index (χ1n) is 8.32. The average Bonchev–Trinajstić information content (AvgIpc) is 2.61. The first-order chi connectivity index (χ1) is 13.2. The molecule has 0 aliphatic rings. The summed E-state index contributed by atoms with van der Waals surface area (Å²) in [6.45, 7) is 2.14. The van der Waals surface area contributed by atoms with Crippen LogP contribution in [0.25, 0.3) is 0 Å². The van der Waals surface area contributed by atoms with E-state index in [2.05, 4.69) is 14.8 Å². The van der Waals surface area contributed by atoms with Crippen molar-refractivity contribution < 1.29 is 93.5 Å². The van der Waals surface area contributed by atoms with Gasteiger partial charge in [0.25, 0.3) is 12.3 Å². The van der Waals surface area contributed by atoms with Gasteiger partial charge in [-0.25, -0.2) is 0 Å². The van der Waals surface area contributed by atoms with Crippen molar-refractivity contribution >= 4 is 23.9 Å². The number of rotatable bonds is 8. The Hall–Kier alpha value is -0.810. The van der Waals surface area contributed by atoms with Crippen LogP contribution in [0.2, 0.25) is 5.02 Å². The molecule has 8 nitrogen and oxygen atoms in total. The zero-order valence-corrected chi connectivity index (χ0v) is 21.6. The second kappa shape index (κ2) is 14.3. The topological polar surface area (TPSA) is 131 Å². The SMILES string of the molecule is C[C@H](Cc1ccc(OC(=O)[O-])c(OC(=O)[O-])c1)NC[C@H](O)c1cccc(Cl)c1.[Na+].[Na+]. The van der Waals surface area contributed by atoms with Gasteiger partial charge in [0.1, 0.15) is 0 Å². The number of halogens is 1. The standard InChI is InChI=1S/C19H20ClNO7.2Na/c1-11(21-10-15(22)13-3-2-4-14(20)9-13)7-12-5-6-16(27-18(23)24)17(8-12)28-19(25)26;;/h2-6,8-9,11,15,21-22H,7,10H2,1H3,(H,23,24)(H,25,26);;/q;2*+1/p-2/t11-,15+;;/m1../s1. The molecule has 11 heteroatoms. The Morgan fingerprint density at radius 1 is 1.07 bits per heavy atom. The Labute approximate surface area is 223 Å². The molecule has 0 saturated carbocycles. The normalized spacial score (nSPS) is 12.0. The molecule has 2 atom stereocenters. The number of hydrogen-bond acceptors (Lipinski definition) is 8. The Bertz CT molecular complexity index is 853. The second-order valence-corrected chi connectivity index (χ2v) is 6.51. The minimum Gasteiger partial charge on any atom is -0.512 e. The fourth-order valence-electron chi connectivity index (χ4n) is 2.59. The van der Waals surface area contributed by atoms with E-state index in [-0.39, 0.29) is 83.2 Å². The van der Waals surface area contributed by atoms with E-state index in [1.807, 2.05) is 6.92 Å². The predicted molar refractivity (Wildman–Crippen MR) is 96.1 cm³/mol. The number of ether oxygens (including phenoxy) is 2. The number of benzene rings is 2. The minimum atomic E-state index is -1.85. The maximum atomic E-state index is 10.7. The average molecular weight is 454 g/mol. The summed E-state index contributed by atoms with van der Waals surface area (Å²) in [6.07, 6.45) is -4.01. The minimum absolute atomic E-state index is 0. The van der Waals surface area contributed by atoms with Gasteiger partial charge in [-0.15, -0.1) is 0 Å². The van der Waals surface area contributed by atoms with E-state index < -0.39 is 18.4 Å². The maximum Gasteiger partial charge on any atom is 1.00 e. The van der Waals surface area contributed by atoms with Gasteiger partial charge in [-0.1, -0.05) is 29.8 Å². The molecule has 150 valence electrons. The van der Waals surface area contributed by atoms with Crippen molar-refractivity contribution in [2.24, 2.45) is 0 Å². The summed E-state index contributed by atoms with van der Waals surface area (Å²) >= 11 is 5.91. The van der Waals surface area contributed by atoms with Crippen molar-refractivity contribution in [1.82, 2.24) is 5.32 Å². The predicted octanol–water partition coefficient (Wildman–Crippen LogP) is -4.95. The molecule has 2 aromatic carbocycles. The molecule has 0 heterocycles. The molecule has 0 fully saturated rings. The first-order valence-corrected chi connectivity index (χ1v) is 8.70. The molecule has 2 rings (SSSR count). The quantitative estimate of drug-likeness (QED) is 0.231. The fourth-order valence-corrected chi connectivity index (χ4v) is 2.79. The van der Waals surface area contributed by atoms with Crippen molar-refractivity contribution in [2.45, 2.75) is 25.5 Å². The molecule has 0 saturated heterocycles. The molecule has 2 aromatic rings. The molecule has 0 spiro atoms. The van der Waals surface area contributed by atoms with Crippen molar-refractivity contribution in [3.63, 3.8) is 0 Å². The van der Waals surface area contributed by atoms with Gasteiger partial charge in [0, 0.05) is 17.6 Å². The zero-order valence-electron chi connectivity index (χ0n) is 16.9. The van der Waals surface area contributed by atoms with Crippen LogP contribution in [-0.4, -0.2) is 30.0 Å². The van der Waals surface area contributed by atoms with Crippen molar-refractivity contribution in [1.29, 1.82) is 0 Å².